The van der Waals surface area contributed by atoms with Gasteiger partial charge in [-0.05, 0) is 37.1 Å². The van der Waals surface area contributed by atoms with Crippen LogP contribution in [0, 0.1) is 0 Å². The molecule has 0 unspecified atom stereocenters. The number of halogens is 3. The number of nitrogens with zero attached hydrogens (tertiary/aromatic N) is 2. The lowest BCUT2D eigenvalue weighted by Gasteiger charge is -2.27. The lowest BCUT2D eigenvalue weighted by Crippen LogP contribution is -2.44. The summed E-state index contributed by atoms with van der Waals surface area (Å²) in [5.74, 6) is -1.83. The molecule has 1 aromatic heterocycles. The van der Waals surface area contributed by atoms with E-state index in [-0.39, 0.29) is 5.56 Å². The van der Waals surface area contributed by atoms with Crippen LogP contribution >= 0.6 is 0 Å². The van der Waals surface area contributed by atoms with Crippen LogP contribution in [0.2, 0.25) is 0 Å². The summed E-state index contributed by atoms with van der Waals surface area (Å²) in [6.07, 6.45) is -0.808. The van der Waals surface area contributed by atoms with E-state index in [9.17, 15) is 18.0 Å². The van der Waals surface area contributed by atoms with Crippen LogP contribution in [0.4, 0.5) is 18.9 Å². The van der Waals surface area contributed by atoms with Crippen LogP contribution < -0.4 is 10.6 Å². The number of hydrogen-bond acceptors (Lipinski definition) is 4. The third kappa shape index (κ3) is 3.88. The second-order valence-electron chi connectivity index (χ2n) is 5.59. The Morgan fingerprint density at radius 1 is 1.21 bits per heavy atom. The summed E-state index contributed by atoms with van der Waals surface area (Å²) >= 11 is 0. The number of alkyl halides is 3. The van der Waals surface area contributed by atoms with Crippen molar-refractivity contribution in [3.8, 4) is 0 Å². The largest absolute Gasteiger partial charge is 0.451 e. The Balaban J connectivity index is 1.61. The zero-order valence-corrected chi connectivity index (χ0v) is 12.6. The highest BCUT2D eigenvalue weighted by Gasteiger charge is 2.34. The van der Waals surface area contributed by atoms with E-state index in [4.69, 9.17) is 0 Å². The van der Waals surface area contributed by atoms with Crippen molar-refractivity contribution in [1.82, 2.24) is 15.3 Å². The van der Waals surface area contributed by atoms with Crippen molar-refractivity contribution >= 4 is 11.6 Å². The Hall–Kier alpha value is -2.48. The van der Waals surface area contributed by atoms with Gasteiger partial charge in [-0.15, -0.1) is 0 Å². The first-order chi connectivity index (χ1) is 11.4. The molecule has 24 heavy (non-hydrogen) atoms. The number of anilines is 1. The monoisotopic (exact) mass is 336 g/mol. The summed E-state index contributed by atoms with van der Waals surface area (Å²) in [5, 5.41) is 5.92. The highest BCUT2D eigenvalue weighted by molar-refractivity contribution is 6.03. The number of carbonyl (C=O) groups is 1. The normalized spacial score (nSPS) is 17.2. The van der Waals surface area contributed by atoms with Crippen LogP contribution in [0.5, 0.6) is 0 Å². The van der Waals surface area contributed by atoms with E-state index in [2.05, 4.69) is 20.6 Å². The van der Waals surface area contributed by atoms with Gasteiger partial charge in [0.1, 0.15) is 0 Å². The first-order valence-electron chi connectivity index (χ1n) is 7.45. The van der Waals surface area contributed by atoms with Crippen LogP contribution in [0.3, 0.4) is 0 Å². The van der Waals surface area contributed by atoms with Crippen molar-refractivity contribution in [3.05, 3.63) is 53.6 Å². The molecule has 1 amide bonds. The third-order valence-electron chi connectivity index (χ3n) is 3.79. The quantitative estimate of drug-likeness (QED) is 0.901. The van der Waals surface area contributed by atoms with E-state index in [1.807, 2.05) is 12.1 Å². The van der Waals surface area contributed by atoms with Crippen molar-refractivity contribution in [2.45, 2.75) is 25.1 Å². The van der Waals surface area contributed by atoms with Crippen LogP contribution in [0.1, 0.15) is 28.2 Å². The van der Waals surface area contributed by atoms with E-state index in [0.717, 1.165) is 37.3 Å². The Kier molecular flexibility index (Phi) is 4.48. The Morgan fingerprint density at radius 2 is 1.83 bits per heavy atom. The van der Waals surface area contributed by atoms with Crippen molar-refractivity contribution < 1.29 is 18.0 Å². The van der Waals surface area contributed by atoms with Gasteiger partial charge in [0.25, 0.3) is 5.91 Å². The highest BCUT2D eigenvalue weighted by atomic mass is 19.4. The molecule has 2 heterocycles. The number of amides is 1. The maximum Gasteiger partial charge on any atom is 0.451 e. The molecule has 1 aliphatic heterocycles. The first-order valence-corrected chi connectivity index (χ1v) is 7.45. The van der Waals surface area contributed by atoms with Crippen molar-refractivity contribution in [1.29, 1.82) is 0 Å². The number of hydrogen-bond donors (Lipinski definition) is 2. The smallest absolute Gasteiger partial charge is 0.322 e. The summed E-state index contributed by atoms with van der Waals surface area (Å²) in [6, 6.07) is 7.86. The SMILES string of the molecule is O=C(Nc1ccc(C[C@@H]2CCN2)cc1)c1cnc(C(F)(F)F)nc1. The fourth-order valence-electron chi connectivity index (χ4n) is 2.33. The third-order valence-corrected chi connectivity index (χ3v) is 3.79. The van der Waals surface area contributed by atoms with Gasteiger partial charge in [0, 0.05) is 24.1 Å². The van der Waals surface area contributed by atoms with Gasteiger partial charge in [-0.3, -0.25) is 4.79 Å². The van der Waals surface area contributed by atoms with E-state index in [1.54, 1.807) is 12.1 Å². The summed E-state index contributed by atoms with van der Waals surface area (Å²) in [4.78, 5) is 18.4. The summed E-state index contributed by atoms with van der Waals surface area (Å²) in [6.45, 7) is 1.05. The molecule has 2 aromatic rings. The summed E-state index contributed by atoms with van der Waals surface area (Å²) < 4.78 is 37.2. The maximum atomic E-state index is 12.4. The molecule has 0 spiro atoms. The first kappa shape index (κ1) is 16.4. The molecule has 0 radical (unpaired) electrons. The van der Waals surface area contributed by atoms with Crippen molar-refractivity contribution in [3.63, 3.8) is 0 Å². The zero-order chi connectivity index (χ0) is 17.2. The van der Waals surface area contributed by atoms with Crippen LogP contribution in [0.15, 0.2) is 36.7 Å². The van der Waals surface area contributed by atoms with Gasteiger partial charge < -0.3 is 10.6 Å². The zero-order valence-electron chi connectivity index (χ0n) is 12.6. The van der Waals surface area contributed by atoms with Gasteiger partial charge in [-0.25, -0.2) is 9.97 Å². The molecule has 8 heteroatoms. The molecule has 1 saturated heterocycles. The number of nitrogens with one attached hydrogen (secondary N) is 2. The van der Waals surface area contributed by atoms with Gasteiger partial charge in [0.2, 0.25) is 5.82 Å². The number of carbonyl (C=O) groups excluding carboxylic acids is 1. The van der Waals surface area contributed by atoms with Gasteiger partial charge >= 0.3 is 6.18 Å². The minimum absolute atomic E-state index is 0.0363. The predicted octanol–water partition coefficient (Wildman–Crippen LogP) is 2.65. The molecule has 2 N–H and O–H groups in total. The second kappa shape index (κ2) is 6.56. The predicted molar refractivity (Wildman–Crippen MR) is 81.5 cm³/mol. The Morgan fingerprint density at radius 3 is 2.33 bits per heavy atom. The molecule has 3 rings (SSSR count). The molecule has 0 bridgehead atoms. The fourth-order valence-corrected chi connectivity index (χ4v) is 2.33. The maximum absolute atomic E-state index is 12.4. The van der Waals surface area contributed by atoms with Gasteiger partial charge in [0.05, 0.1) is 5.56 Å². The molecule has 1 aliphatic rings. The van der Waals surface area contributed by atoms with Gasteiger partial charge in [-0.1, -0.05) is 12.1 Å². The standard InChI is InChI=1S/C16H15F3N4O/c17-16(18,19)15-21-8-11(9-22-15)14(24)23-12-3-1-10(2-4-12)7-13-5-6-20-13/h1-4,8-9,13,20H,5-7H2,(H,23,24)/t13-/m0/s1. The van der Waals surface area contributed by atoms with Crippen LogP contribution in [0.25, 0.3) is 0 Å². The molecule has 0 aliphatic carbocycles. The van der Waals surface area contributed by atoms with E-state index >= 15 is 0 Å². The average Bonchev–Trinajstić information content (AvgIpc) is 2.52. The molecule has 1 fully saturated rings. The van der Waals surface area contributed by atoms with Crippen molar-refractivity contribution in [2.75, 3.05) is 11.9 Å². The number of benzene rings is 1. The Bertz CT molecular complexity index is 710. The van der Waals surface area contributed by atoms with Crippen LogP contribution in [-0.4, -0.2) is 28.5 Å². The number of rotatable bonds is 4. The fraction of sp³-hybridized carbons (Fsp3) is 0.312. The summed E-state index contributed by atoms with van der Waals surface area (Å²) in [5.41, 5.74) is 1.68. The molecular weight excluding hydrogens is 321 g/mol. The molecule has 1 aromatic carbocycles. The highest BCUT2D eigenvalue weighted by Crippen LogP contribution is 2.25. The van der Waals surface area contributed by atoms with Gasteiger partial charge in [0.15, 0.2) is 0 Å². The van der Waals surface area contributed by atoms with Crippen molar-refractivity contribution in [2.24, 2.45) is 0 Å². The lowest BCUT2D eigenvalue weighted by molar-refractivity contribution is -0.145. The van der Waals surface area contributed by atoms with E-state index in [1.165, 1.54) is 0 Å². The van der Waals surface area contributed by atoms with E-state index < -0.39 is 17.9 Å². The average molecular weight is 336 g/mol. The molecule has 1 atom stereocenters. The molecule has 0 saturated carbocycles. The van der Waals surface area contributed by atoms with Gasteiger partial charge in [-0.2, -0.15) is 13.2 Å². The lowest BCUT2D eigenvalue weighted by atomic mass is 9.98. The second-order valence-corrected chi connectivity index (χ2v) is 5.59. The topological polar surface area (TPSA) is 66.9 Å². The summed E-state index contributed by atoms with van der Waals surface area (Å²) in [7, 11) is 0. The minimum Gasteiger partial charge on any atom is -0.322 e. The van der Waals surface area contributed by atoms with E-state index in [0.29, 0.717) is 11.7 Å². The number of aromatic nitrogens is 2. The minimum atomic E-state index is -4.62. The Labute approximate surface area is 136 Å². The molecular formula is C16H15F3N4O. The molecule has 126 valence electrons. The van der Waals surface area contributed by atoms with Crippen LogP contribution in [-0.2, 0) is 12.6 Å². The molecule has 5 nitrogen and oxygen atoms in total.